The number of phenolic OH excluding ortho intramolecular Hbond substituents is 1. The number of halogens is 2. The van der Waals surface area contributed by atoms with Crippen LogP contribution in [-0.2, 0) is 0 Å². The summed E-state index contributed by atoms with van der Waals surface area (Å²) in [5.74, 6) is -1.10. The molecule has 1 N–H and O–H groups in total. The fourth-order valence-electron chi connectivity index (χ4n) is 0.951. The van der Waals surface area contributed by atoms with E-state index in [0.717, 1.165) is 6.07 Å². The number of carbonyl (C=O) groups excluding carboxylic acids is 1. The zero-order valence-corrected chi connectivity index (χ0v) is 7.51. The van der Waals surface area contributed by atoms with E-state index in [4.69, 9.17) is 16.7 Å². The van der Waals surface area contributed by atoms with Gasteiger partial charge in [-0.25, -0.2) is 4.39 Å². The topological polar surface area (TPSA) is 37.3 Å². The first kappa shape index (κ1) is 9.99. The lowest BCUT2D eigenvalue weighted by Crippen LogP contribution is -2.02. The number of ketones is 1. The highest BCUT2D eigenvalue weighted by Crippen LogP contribution is 2.16. The van der Waals surface area contributed by atoms with Crippen molar-refractivity contribution in [2.24, 2.45) is 0 Å². The largest absolute Gasteiger partial charge is 0.508 e. The number of carbonyl (C=O) groups is 1. The van der Waals surface area contributed by atoms with Crippen molar-refractivity contribution in [3.63, 3.8) is 0 Å². The second-order valence-corrected chi connectivity index (χ2v) is 2.90. The summed E-state index contributed by atoms with van der Waals surface area (Å²) in [7, 11) is 0. The van der Waals surface area contributed by atoms with Gasteiger partial charge < -0.3 is 5.11 Å². The molecule has 0 spiro atoms. The van der Waals surface area contributed by atoms with Crippen molar-refractivity contribution >= 4 is 17.4 Å². The van der Waals surface area contributed by atoms with Crippen LogP contribution in [-0.4, -0.2) is 16.8 Å². The summed E-state index contributed by atoms with van der Waals surface area (Å²) in [5, 5.41) is 8.87. The van der Waals surface area contributed by atoms with Crippen molar-refractivity contribution < 1.29 is 14.3 Å². The molecule has 0 aliphatic rings. The van der Waals surface area contributed by atoms with Gasteiger partial charge in [-0.2, -0.15) is 0 Å². The summed E-state index contributed by atoms with van der Waals surface area (Å²) in [6.07, 6.45) is 0.100. The van der Waals surface area contributed by atoms with Gasteiger partial charge in [-0.3, -0.25) is 4.79 Å². The summed E-state index contributed by atoms with van der Waals surface area (Å²) < 4.78 is 13.0. The minimum absolute atomic E-state index is 0.0292. The molecule has 1 rings (SSSR count). The lowest BCUT2D eigenvalue weighted by atomic mass is 10.1. The van der Waals surface area contributed by atoms with Crippen molar-refractivity contribution in [1.29, 1.82) is 0 Å². The molecule has 13 heavy (non-hydrogen) atoms. The number of hydrogen-bond donors (Lipinski definition) is 1. The molecule has 0 fully saturated rings. The van der Waals surface area contributed by atoms with E-state index in [-0.39, 0.29) is 29.4 Å². The SMILES string of the molecule is O=C(CCCl)c1ccc(O)cc1F. The standard InChI is InChI=1S/C9H8ClFO2/c10-4-3-9(13)7-2-1-6(12)5-8(7)11/h1-2,5,12H,3-4H2. The predicted molar refractivity (Wildman–Crippen MR) is 47.7 cm³/mol. The molecule has 70 valence electrons. The number of aromatic hydroxyl groups is 1. The van der Waals surface area contributed by atoms with Gasteiger partial charge in [0.25, 0.3) is 0 Å². The van der Waals surface area contributed by atoms with E-state index in [2.05, 4.69) is 0 Å². The Morgan fingerprint density at radius 2 is 2.23 bits per heavy atom. The van der Waals surface area contributed by atoms with E-state index >= 15 is 0 Å². The molecule has 0 bridgehead atoms. The average Bonchev–Trinajstić information content (AvgIpc) is 2.04. The van der Waals surface area contributed by atoms with Crippen LogP contribution in [0.4, 0.5) is 4.39 Å². The van der Waals surface area contributed by atoms with E-state index in [1.165, 1.54) is 12.1 Å². The molecule has 0 radical (unpaired) electrons. The Morgan fingerprint density at radius 1 is 1.54 bits per heavy atom. The summed E-state index contributed by atoms with van der Waals surface area (Å²) in [6.45, 7) is 0. The van der Waals surface area contributed by atoms with E-state index in [1.807, 2.05) is 0 Å². The van der Waals surface area contributed by atoms with Crippen LogP contribution in [0.25, 0.3) is 0 Å². The van der Waals surface area contributed by atoms with Crippen molar-refractivity contribution in [1.82, 2.24) is 0 Å². The fraction of sp³-hybridized carbons (Fsp3) is 0.222. The average molecular weight is 203 g/mol. The molecule has 0 aliphatic carbocycles. The third-order valence-electron chi connectivity index (χ3n) is 1.57. The van der Waals surface area contributed by atoms with Gasteiger partial charge in [-0.15, -0.1) is 11.6 Å². The summed E-state index contributed by atoms with van der Waals surface area (Å²) in [5.41, 5.74) is -0.0292. The maximum Gasteiger partial charge on any atom is 0.167 e. The van der Waals surface area contributed by atoms with Crippen LogP contribution >= 0.6 is 11.6 Å². The molecule has 0 unspecified atom stereocenters. The maximum absolute atomic E-state index is 13.0. The summed E-state index contributed by atoms with van der Waals surface area (Å²) in [6, 6.07) is 3.42. The first-order chi connectivity index (χ1) is 6.15. The van der Waals surface area contributed by atoms with Gasteiger partial charge in [0.05, 0.1) is 5.56 Å². The minimum Gasteiger partial charge on any atom is -0.508 e. The molecule has 0 amide bonds. The monoisotopic (exact) mass is 202 g/mol. The lowest BCUT2D eigenvalue weighted by Gasteiger charge is -2.00. The lowest BCUT2D eigenvalue weighted by molar-refractivity contribution is 0.0985. The Labute approximate surface area is 80.0 Å². The molecule has 1 aromatic rings. The Bertz CT molecular complexity index is 325. The van der Waals surface area contributed by atoms with E-state index < -0.39 is 5.82 Å². The van der Waals surface area contributed by atoms with Crippen LogP contribution in [0, 0.1) is 5.82 Å². The van der Waals surface area contributed by atoms with E-state index in [1.54, 1.807) is 0 Å². The van der Waals surface area contributed by atoms with Gasteiger partial charge in [0.15, 0.2) is 5.78 Å². The number of benzene rings is 1. The van der Waals surface area contributed by atoms with Gasteiger partial charge in [-0.1, -0.05) is 0 Å². The number of Topliss-reactive ketones (excluding diaryl/α,β-unsaturated/α-hetero) is 1. The highest BCUT2D eigenvalue weighted by Gasteiger charge is 2.10. The quantitative estimate of drug-likeness (QED) is 0.604. The smallest absolute Gasteiger partial charge is 0.167 e. The highest BCUT2D eigenvalue weighted by molar-refractivity contribution is 6.19. The van der Waals surface area contributed by atoms with Crippen molar-refractivity contribution in [2.75, 3.05) is 5.88 Å². The van der Waals surface area contributed by atoms with Crippen molar-refractivity contribution in [2.45, 2.75) is 6.42 Å². The van der Waals surface area contributed by atoms with Crippen LogP contribution in [0.2, 0.25) is 0 Å². The maximum atomic E-state index is 13.0. The second-order valence-electron chi connectivity index (χ2n) is 2.53. The van der Waals surface area contributed by atoms with Gasteiger partial charge in [0.1, 0.15) is 11.6 Å². The number of alkyl halides is 1. The summed E-state index contributed by atoms with van der Waals surface area (Å²) >= 11 is 5.34. The second kappa shape index (κ2) is 4.23. The molecule has 4 heteroatoms. The van der Waals surface area contributed by atoms with E-state index in [0.29, 0.717) is 0 Å². The fourth-order valence-corrected chi connectivity index (χ4v) is 1.12. The molecule has 1 aromatic carbocycles. The Kier molecular flexibility index (Phi) is 3.25. The Hall–Kier alpha value is -1.09. The summed E-state index contributed by atoms with van der Waals surface area (Å²) in [4.78, 5) is 11.2. The zero-order valence-electron chi connectivity index (χ0n) is 6.76. The van der Waals surface area contributed by atoms with Crippen LogP contribution in [0.15, 0.2) is 18.2 Å². The minimum atomic E-state index is -0.713. The van der Waals surface area contributed by atoms with Crippen LogP contribution in [0.1, 0.15) is 16.8 Å². The molecule has 0 aliphatic heterocycles. The molecular weight excluding hydrogens is 195 g/mol. The zero-order chi connectivity index (χ0) is 9.84. The first-order valence-electron chi connectivity index (χ1n) is 3.73. The van der Waals surface area contributed by atoms with Crippen molar-refractivity contribution in [3.8, 4) is 5.75 Å². The molecule has 0 heterocycles. The first-order valence-corrected chi connectivity index (χ1v) is 4.26. The Morgan fingerprint density at radius 3 is 2.77 bits per heavy atom. The third-order valence-corrected chi connectivity index (χ3v) is 1.76. The predicted octanol–water partition coefficient (Wildman–Crippen LogP) is 2.34. The van der Waals surface area contributed by atoms with Crippen molar-refractivity contribution in [3.05, 3.63) is 29.6 Å². The third kappa shape index (κ3) is 2.42. The van der Waals surface area contributed by atoms with Crippen LogP contribution in [0.3, 0.4) is 0 Å². The molecular formula is C9H8ClFO2. The molecule has 0 aromatic heterocycles. The van der Waals surface area contributed by atoms with Crippen LogP contribution < -0.4 is 0 Å². The van der Waals surface area contributed by atoms with Crippen LogP contribution in [0.5, 0.6) is 5.75 Å². The molecule has 2 nitrogen and oxygen atoms in total. The van der Waals surface area contributed by atoms with Gasteiger partial charge in [0, 0.05) is 18.4 Å². The number of rotatable bonds is 3. The molecule has 0 saturated carbocycles. The molecule has 0 saturated heterocycles. The van der Waals surface area contributed by atoms with Gasteiger partial charge in [0.2, 0.25) is 0 Å². The Balaban J connectivity index is 2.95. The van der Waals surface area contributed by atoms with Gasteiger partial charge in [-0.05, 0) is 12.1 Å². The normalized spacial score (nSPS) is 10.0. The number of hydrogen-bond acceptors (Lipinski definition) is 2. The molecule has 0 atom stereocenters. The van der Waals surface area contributed by atoms with Gasteiger partial charge >= 0.3 is 0 Å². The van der Waals surface area contributed by atoms with E-state index in [9.17, 15) is 9.18 Å². The highest BCUT2D eigenvalue weighted by atomic mass is 35.5. The number of phenols is 1.